The normalized spacial score (nSPS) is 39.1. The van der Waals surface area contributed by atoms with Gasteiger partial charge in [0.2, 0.25) is 0 Å². The van der Waals surface area contributed by atoms with Gasteiger partial charge in [-0.1, -0.05) is 65.7 Å². The van der Waals surface area contributed by atoms with Crippen molar-refractivity contribution >= 4 is 11.8 Å². The zero-order chi connectivity index (χ0) is 24.3. The summed E-state index contributed by atoms with van der Waals surface area (Å²) >= 11 is 0. The van der Waals surface area contributed by atoms with Gasteiger partial charge in [-0.25, -0.2) is 0 Å². The average Bonchev–Trinajstić information content (AvgIpc) is 3.13. The quantitative estimate of drug-likeness (QED) is 0.276. The molecular weight excluding hydrogens is 424 g/mol. The molecule has 7 atom stereocenters. The highest BCUT2D eigenvalue weighted by Crippen LogP contribution is 2.65. The summed E-state index contributed by atoms with van der Waals surface area (Å²) in [4.78, 5) is 24.8. The Balaban J connectivity index is 1.30. The molecule has 0 radical (unpaired) electrons. The molecule has 0 bridgehead atoms. The summed E-state index contributed by atoms with van der Waals surface area (Å²) < 4.78 is 6.14. The molecule has 0 aliphatic heterocycles. The molecule has 0 aromatic rings. The van der Waals surface area contributed by atoms with E-state index in [1.807, 2.05) is 0 Å². The summed E-state index contributed by atoms with van der Waals surface area (Å²) in [6.07, 6.45) is 18.2. The van der Waals surface area contributed by atoms with E-state index in [1.165, 1.54) is 38.5 Å². The highest BCUT2D eigenvalue weighted by Gasteiger charge is 2.61. The molecular formula is C30H48O4. The molecule has 4 nitrogen and oxygen atoms in total. The molecule has 0 unspecified atom stereocenters. The van der Waals surface area contributed by atoms with E-state index in [1.54, 1.807) is 6.08 Å². The smallest absolute Gasteiger partial charge is 0.306 e. The zero-order valence-corrected chi connectivity index (χ0v) is 21.9. The largest absolute Gasteiger partial charge is 0.462 e. The van der Waals surface area contributed by atoms with Crippen molar-refractivity contribution in [3.05, 3.63) is 11.6 Å². The molecule has 0 amide bonds. The first-order valence-corrected chi connectivity index (χ1v) is 14.4. The second-order valence-corrected chi connectivity index (χ2v) is 12.4. The SMILES string of the molecule is CCCCCCCCCCC(=O)O[C@H]1CC[C@H]2[C@@H]3C[C@H](O)C4=CC(=O)CC[C@]4(C)[C@H]3CC[C@]12C. The molecule has 192 valence electrons. The summed E-state index contributed by atoms with van der Waals surface area (Å²) in [6.45, 7) is 6.89. The van der Waals surface area contributed by atoms with Gasteiger partial charge >= 0.3 is 5.97 Å². The van der Waals surface area contributed by atoms with Crippen LogP contribution in [-0.4, -0.2) is 29.1 Å². The first-order chi connectivity index (χ1) is 16.3. The first kappa shape index (κ1) is 25.9. The Morgan fingerprint density at radius 1 is 1.00 bits per heavy atom. The van der Waals surface area contributed by atoms with Gasteiger partial charge in [-0.3, -0.25) is 9.59 Å². The topological polar surface area (TPSA) is 63.6 Å². The molecule has 0 saturated heterocycles. The van der Waals surface area contributed by atoms with Gasteiger partial charge in [0.15, 0.2) is 5.78 Å². The lowest BCUT2D eigenvalue weighted by Gasteiger charge is -2.58. The lowest BCUT2D eigenvalue weighted by atomic mass is 9.47. The van der Waals surface area contributed by atoms with E-state index in [2.05, 4.69) is 20.8 Å². The molecule has 34 heavy (non-hydrogen) atoms. The minimum Gasteiger partial charge on any atom is -0.462 e. The fourth-order valence-corrected chi connectivity index (χ4v) is 8.37. The number of rotatable bonds is 10. The number of hydrogen-bond donors (Lipinski definition) is 1. The van der Waals surface area contributed by atoms with Crippen LogP contribution >= 0.6 is 0 Å². The van der Waals surface area contributed by atoms with Gasteiger partial charge in [-0.15, -0.1) is 0 Å². The molecule has 4 aliphatic rings. The number of carbonyl (C=O) groups excluding carboxylic acids is 2. The molecule has 4 aliphatic carbocycles. The van der Waals surface area contributed by atoms with Crippen LogP contribution in [0.1, 0.15) is 124 Å². The van der Waals surface area contributed by atoms with Crippen molar-refractivity contribution in [1.82, 2.24) is 0 Å². The Hall–Kier alpha value is -1.16. The van der Waals surface area contributed by atoms with Gasteiger partial charge in [-0.2, -0.15) is 0 Å². The van der Waals surface area contributed by atoms with Crippen LogP contribution in [0.25, 0.3) is 0 Å². The maximum atomic E-state index is 12.7. The number of unbranched alkanes of at least 4 members (excludes halogenated alkanes) is 7. The van der Waals surface area contributed by atoms with Crippen molar-refractivity contribution in [3.63, 3.8) is 0 Å². The summed E-state index contributed by atoms with van der Waals surface area (Å²) in [6, 6.07) is 0. The van der Waals surface area contributed by atoms with Crippen molar-refractivity contribution < 1.29 is 19.4 Å². The van der Waals surface area contributed by atoms with E-state index in [0.29, 0.717) is 30.6 Å². The predicted octanol–water partition coefficient (Wildman–Crippen LogP) is 6.93. The van der Waals surface area contributed by atoms with E-state index >= 15 is 0 Å². The molecule has 0 aromatic carbocycles. The number of aliphatic hydroxyl groups excluding tert-OH is 1. The van der Waals surface area contributed by atoms with E-state index in [0.717, 1.165) is 56.9 Å². The third-order valence-corrected chi connectivity index (χ3v) is 10.4. The van der Waals surface area contributed by atoms with Gasteiger partial charge in [0.25, 0.3) is 0 Å². The minimum atomic E-state index is -0.499. The molecule has 0 spiro atoms. The average molecular weight is 473 g/mol. The summed E-state index contributed by atoms with van der Waals surface area (Å²) in [5.41, 5.74) is 0.973. The Morgan fingerprint density at radius 2 is 1.71 bits per heavy atom. The predicted molar refractivity (Wildman–Crippen MR) is 135 cm³/mol. The van der Waals surface area contributed by atoms with E-state index in [-0.39, 0.29) is 28.7 Å². The van der Waals surface area contributed by atoms with Crippen LogP contribution in [0.2, 0.25) is 0 Å². The zero-order valence-electron chi connectivity index (χ0n) is 21.9. The Morgan fingerprint density at radius 3 is 2.44 bits per heavy atom. The van der Waals surface area contributed by atoms with Crippen LogP contribution in [0.15, 0.2) is 11.6 Å². The van der Waals surface area contributed by atoms with Crippen LogP contribution in [0, 0.1) is 28.6 Å². The summed E-state index contributed by atoms with van der Waals surface area (Å²) in [7, 11) is 0. The molecule has 3 saturated carbocycles. The van der Waals surface area contributed by atoms with Crippen molar-refractivity contribution in [2.45, 2.75) is 136 Å². The number of fused-ring (bicyclic) bond motifs is 5. The first-order valence-electron chi connectivity index (χ1n) is 14.4. The summed E-state index contributed by atoms with van der Waals surface area (Å²) in [5, 5.41) is 11.0. The second-order valence-electron chi connectivity index (χ2n) is 12.4. The van der Waals surface area contributed by atoms with Crippen molar-refractivity contribution in [1.29, 1.82) is 0 Å². The fourth-order valence-electron chi connectivity index (χ4n) is 8.37. The van der Waals surface area contributed by atoms with Crippen LogP contribution in [0.4, 0.5) is 0 Å². The summed E-state index contributed by atoms with van der Waals surface area (Å²) in [5.74, 6) is 1.65. The monoisotopic (exact) mass is 472 g/mol. The molecule has 4 heteroatoms. The van der Waals surface area contributed by atoms with E-state index < -0.39 is 6.10 Å². The van der Waals surface area contributed by atoms with Gasteiger partial charge in [0.1, 0.15) is 6.10 Å². The van der Waals surface area contributed by atoms with E-state index in [9.17, 15) is 14.7 Å². The minimum absolute atomic E-state index is 0.00775. The van der Waals surface area contributed by atoms with Crippen LogP contribution < -0.4 is 0 Å². The van der Waals surface area contributed by atoms with Gasteiger partial charge < -0.3 is 9.84 Å². The Kier molecular flexibility index (Phi) is 8.27. The Labute approximate surface area is 207 Å². The molecule has 0 aromatic heterocycles. The van der Waals surface area contributed by atoms with Crippen molar-refractivity contribution in [3.8, 4) is 0 Å². The lowest BCUT2D eigenvalue weighted by molar-refractivity contribution is -0.161. The maximum absolute atomic E-state index is 12.7. The van der Waals surface area contributed by atoms with Crippen LogP contribution in [0.3, 0.4) is 0 Å². The highest BCUT2D eigenvalue weighted by molar-refractivity contribution is 5.91. The highest BCUT2D eigenvalue weighted by atomic mass is 16.5. The second kappa shape index (κ2) is 10.8. The Bertz CT molecular complexity index is 772. The molecule has 0 heterocycles. The molecule has 1 N–H and O–H groups in total. The maximum Gasteiger partial charge on any atom is 0.306 e. The number of ether oxygens (including phenoxy) is 1. The third-order valence-electron chi connectivity index (χ3n) is 10.4. The van der Waals surface area contributed by atoms with Gasteiger partial charge in [0, 0.05) is 18.3 Å². The molecule has 4 rings (SSSR count). The van der Waals surface area contributed by atoms with Gasteiger partial charge in [-0.05, 0) is 79.8 Å². The van der Waals surface area contributed by atoms with Gasteiger partial charge in [0.05, 0.1) is 6.10 Å². The lowest BCUT2D eigenvalue weighted by Crippen LogP contribution is -2.54. The third kappa shape index (κ3) is 5.04. The molecule has 3 fully saturated rings. The van der Waals surface area contributed by atoms with Crippen molar-refractivity contribution in [2.75, 3.05) is 0 Å². The van der Waals surface area contributed by atoms with Crippen LogP contribution in [-0.2, 0) is 14.3 Å². The number of carbonyl (C=O) groups is 2. The fraction of sp³-hybridized carbons (Fsp3) is 0.867. The standard InChI is InChI=1S/C30H48O4/c1-4-5-6-7-8-9-10-11-12-28(33)34-27-14-13-23-22-20-26(32)25-19-21(31)15-17-29(25,2)24(22)16-18-30(23,27)3/h19,22-24,26-27,32H,4-18,20H2,1-3H3/t22-,23-,24-,26-,27-,29+,30-/m0/s1. The number of esters is 1. The van der Waals surface area contributed by atoms with E-state index in [4.69, 9.17) is 4.74 Å². The van der Waals surface area contributed by atoms with Crippen molar-refractivity contribution in [2.24, 2.45) is 28.6 Å². The van der Waals surface area contributed by atoms with Crippen LogP contribution in [0.5, 0.6) is 0 Å². The number of aliphatic hydroxyl groups is 1. The number of hydrogen-bond acceptors (Lipinski definition) is 4. The number of ketones is 1.